The number of carbonyl (C=O) groups excluding carboxylic acids is 2. The highest BCUT2D eigenvalue weighted by Crippen LogP contribution is 2.18. The summed E-state index contributed by atoms with van der Waals surface area (Å²) in [6, 6.07) is -0.553. The predicted octanol–water partition coefficient (Wildman–Crippen LogP) is 22.1. The van der Waals surface area contributed by atoms with Gasteiger partial charge in [0.15, 0.2) is 0 Å². The van der Waals surface area contributed by atoms with Crippen LogP contribution in [0.4, 0.5) is 0 Å². The minimum atomic E-state index is -0.674. The van der Waals surface area contributed by atoms with Crippen molar-refractivity contribution >= 4 is 11.9 Å². The summed E-state index contributed by atoms with van der Waals surface area (Å²) in [4.78, 5) is 24.7. The molecule has 0 aliphatic carbocycles. The number of hydrogen-bond donors (Lipinski definition) is 3. The van der Waals surface area contributed by atoms with Crippen LogP contribution in [0.5, 0.6) is 0 Å². The van der Waals surface area contributed by atoms with Gasteiger partial charge < -0.3 is 20.3 Å². The average Bonchev–Trinajstić information content (AvgIpc) is 3.42. The van der Waals surface area contributed by atoms with E-state index in [0.29, 0.717) is 25.9 Å². The van der Waals surface area contributed by atoms with E-state index in [2.05, 4.69) is 43.5 Å². The second kappa shape index (κ2) is 65.9. The van der Waals surface area contributed by atoms with Gasteiger partial charge in [0.05, 0.1) is 25.4 Å². The molecule has 2 unspecified atom stereocenters. The van der Waals surface area contributed by atoms with Gasteiger partial charge in [0, 0.05) is 12.8 Å². The molecule has 0 aromatic carbocycles. The van der Waals surface area contributed by atoms with Crippen molar-refractivity contribution in [3.63, 3.8) is 0 Å². The smallest absolute Gasteiger partial charge is 0.305 e. The van der Waals surface area contributed by atoms with Gasteiger partial charge in [-0.1, -0.05) is 321 Å². The molecule has 0 heterocycles. The van der Waals surface area contributed by atoms with Gasteiger partial charge in [-0.2, -0.15) is 0 Å². The summed E-state index contributed by atoms with van der Waals surface area (Å²) >= 11 is 0. The van der Waals surface area contributed by atoms with Crippen LogP contribution in [0.25, 0.3) is 0 Å². The molecule has 1 amide bonds. The molecule has 2 atom stereocenters. The summed E-state index contributed by atoms with van der Waals surface area (Å²) in [6.07, 6.45) is 82.1. The van der Waals surface area contributed by atoms with Crippen LogP contribution in [0.15, 0.2) is 24.3 Å². The standard InChI is InChI=1S/C70H135NO5/c1-3-5-7-9-11-13-15-17-19-21-23-24-25-27-30-34-38-42-46-50-54-58-62-68(73)67(66-72)71-69(74)63-59-55-51-47-43-39-35-31-28-29-33-37-41-45-49-53-57-61-65-76-70(75)64-60-56-52-48-44-40-36-32-26-22-20-18-16-14-12-10-8-6-4-2/h18,20,31,35,67-68,72-73H,3-17,19,21-30,32-34,36-66H2,1-2H3,(H,71,74)/b20-18-,35-31-. The van der Waals surface area contributed by atoms with Crippen LogP contribution < -0.4 is 5.32 Å². The van der Waals surface area contributed by atoms with Gasteiger partial charge in [-0.15, -0.1) is 0 Å². The first-order valence-corrected chi connectivity index (χ1v) is 34.6. The minimum absolute atomic E-state index is 0.00365. The molecule has 0 saturated carbocycles. The van der Waals surface area contributed by atoms with E-state index in [1.807, 2.05) is 0 Å². The second-order valence-electron chi connectivity index (χ2n) is 23.9. The Morgan fingerprint density at radius 1 is 0.355 bits per heavy atom. The van der Waals surface area contributed by atoms with Gasteiger partial charge in [-0.05, 0) is 77.0 Å². The Balaban J connectivity index is 3.43. The zero-order chi connectivity index (χ0) is 55.0. The molecular weight excluding hydrogens is 935 g/mol. The number of ether oxygens (including phenoxy) is 1. The Labute approximate surface area is 475 Å². The number of carbonyl (C=O) groups is 2. The fourth-order valence-electron chi connectivity index (χ4n) is 10.9. The molecule has 0 aliphatic rings. The van der Waals surface area contributed by atoms with Crippen molar-refractivity contribution in [3.05, 3.63) is 24.3 Å². The summed E-state index contributed by atoms with van der Waals surface area (Å²) in [7, 11) is 0. The predicted molar refractivity (Wildman–Crippen MR) is 333 cm³/mol. The third-order valence-electron chi connectivity index (χ3n) is 16.2. The van der Waals surface area contributed by atoms with Crippen molar-refractivity contribution in [2.24, 2.45) is 0 Å². The SMILES string of the molecule is CCCCCCCC/C=C\CCCCCCCCCCCC(=O)OCCCCCCCCCCC/C=C\CCCCCCCC(=O)NC(CO)C(O)CCCCCCCCCCCCCCCCCCCCCCCC. The van der Waals surface area contributed by atoms with Crippen molar-refractivity contribution < 1.29 is 24.5 Å². The van der Waals surface area contributed by atoms with Crippen LogP contribution in [0.1, 0.15) is 386 Å². The van der Waals surface area contributed by atoms with Gasteiger partial charge >= 0.3 is 5.97 Å². The number of unbranched alkanes of at least 4 members (excludes halogenated alkanes) is 50. The van der Waals surface area contributed by atoms with E-state index in [-0.39, 0.29) is 18.5 Å². The monoisotopic (exact) mass is 1070 g/mol. The number of esters is 1. The Morgan fingerprint density at radius 3 is 0.934 bits per heavy atom. The fraction of sp³-hybridized carbons (Fsp3) is 0.914. The first-order valence-electron chi connectivity index (χ1n) is 34.6. The lowest BCUT2D eigenvalue weighted by atomic mass is 10.0. The largest absolute Gasteiger partial charge is 0.466 e. The van der Waals surface area contributed by atoms with Crippen LogP contribution in [-0.2, 0) is 14.3 Å². The van der Waals surface area contributed by atoms with E-state index < -0.39 is 12.1 Å². The molecule has 0 radical (unpaired) electrons. The highest BCUT2D eigenvalue weighted by Gasteiger charge is 2.20. The quantitative estimate of drug-likeness (QED) is 0.0320. The molecule has 0 saturated heterocycles. The molecule has 0 rings (SSSR count). The second-order valence-corrected chi connectivity index (χ2v) is 23.9. The Bertz CT molecular complexity index is 1190. The van der Waals surface area contributed by atoms with Crippen LogP contribution in [0, 0.1) is 0 Å². The average molecular weight is 1070 g/mol. The van der Waals surface area contributed by atoms with Crippen molar-refractivity contribution in [1.82, 2.24) is 5.32 Å². The van der Waals surface area contributed by atoms with Crippen molar-refractivity contribution in [1.29, 1.82) is 0 Å². The molecule has 76 heavy (non-hydrogen) atoms. The van der Waals surface area contributed by atoms with Crippen LogP contribution in [-0.4, -0.2) is 47.4 Å². The van der Waals surface area contributed by atoms with Gasteiger partial charge in [-0.25, -0.2) is 0 Å². The lowest BCUT2D eigenvalue weighted by Crippen LogP contribution is -2.45. The third-order valence-corrected chi connectivity index (χ3v) is 16.2. The fourth-order valence-corrected chi connectivity index (χ4v) is 10.9. The van der Waals surface area contributed by atoms with Crippen LogP contribution in [0.2, 0.25) is 0 Å². The molecule has 0 aliphatic heterocycles. The minimum Gasteiger partial charge on any atom is -0.466 e. The molecule has 0 spiro atoms. The summed E-state index contributed by atoms with van der Waals surface area (Å²) in [5.74, 6) is -0.0415. The molecule has 0 bridgehead atoms. The van der Waals surface area contributed by atoms with E-state index in [1.165, 1.54) is 295 Å². The van der Waals surface area contributed by atoms with Gasteiger partial charge in [0.25, 0.3) is 0 Å². The number of nitrogens with one attached hydrogen (secondary N) is 1. The van der Waals surface area contributed by atoms with Gasteiger partial charge in [0.2, 0.25) is 5.91 Å². The van der Waals surface area contributed by atoms with Crippen molar-refractivity contribution in [2.75, 3.05) is 13.2 Å². The topological polar surface area (TPSA) is 95.9 Å². The number of aliphatic hydroxyl groups excluding tert-OH is 2. The van der Waals surface area contributed by atoms with E-state index in [9.17, 15) is 19.8 Å². The maximum Gasteiger partial charge on any atom is 0.305 e. The van der Waals surface area contributed by atoms with E-state index in [0.717, 1.165) is 57.8 Å². The Morgan fingerprint density at radius 2 is 0.618 bits per heavy atom. The van der Waals surface area contributed by atoms with E-state index >= 15 is 0 Å². The molecule has 6 heteroatoms. The first kappa shape index (κ1) is 74.3. The zero-order valence-electron chi connectivity index (χ0n) is 51.5. The number of allylic oxidation sites excluding steroid dienone is 4. The van der Waals surface area contributed by atoms with E-state index in [4.69, 9.17) is 4.74 Å². The number of rotatable bonds is 65. The van der Waals surface area contributed by atoms with Gasteiger partial charge in [-0.3, -0.25) is 9.59 Å². The van der Waals surface area contributed by atoms with Gasteiger partial charge in [0.1, 0.15) is 0 Å². The van der Waals surface area contributed by atoms with E-state index in [1.54, 1.807) is 0 Å². The summed E-state index contributed by atoms with van der Waals surface area (Å²) in [5.41, 5.74) is 0. The molecular formula is C70H135NO5. The van der Waals surface area contributed by atoms with Crippen LogP contribution >= 0.6 is 0 Å². The number of aliphatic hydroxyl groups is 2. The summed E-state index contributed by atoms with van der Waals surface area (Å²) < 4.78 is 5.50. The Hall–Kier alpha value is -1.66. The number of hydrogen-bond acceptors (Lipinski definition) is 5. The molecule has 3 N–H and O–H groups in total. The first-order chi connectivity index (χ1) is 37.5. The van der Waals surface area contributed by atoms with Crippen molar-refractivity contribution in [3.8, 4) is 0 Å². The highest BCUT2D eigenvalue weighted by molar-refractivity contribution is 5.76. The molecule has 0 aromatic rings. The molecule has 6 nitrogen and oxygen atoms in total. The highest BCUT2D eigenvalue weighted by atomic mass is 16.5. The molecule has 0 fully saturated rings. The number of amides is 1. The Kier molecular flexibility index (Phi) is 64.4. The zero-order valence-corrected chi connectivity index (χ0v) is 51.5. The summed E-state index contributed by atoms with van der Waals surface area (Å²) in [5, 5.41) is 23.4. The normalized spacial score (nSPS) is 12.6. The molecule has 0 aromatic heterocycles. The lowest BCUT2D eigenvalue weighted by Gasteiger charge is -2.22. The summed E-state index contributed by atoms with van der Waals surface area (Å²) in [6.45, 7) is 4.97. The third kappa shape index (κ3) is 61.6. The maximum atomic E-state index is 12.5. The lowest BCUT2D eigenvalue weighted by molar-refractivity contribution is -0.143. The maximum absolute atomic E-state index is 12.5. The van der Waals surface area contributed by atoms with Crippen molar-refractivity contribution in [2.45, 2.75) is 398 Å². The molecule has 450 valence electrons. The van der Waals surface area contributed by atoms with Crippen LogP contribution in [0.3, 0.4) is 0 Å².